The van der Waals surface area contributed by atoms with Crippen molar-refractivity contribution in [1.29, 1.82) is 0 Å². The Balaban J connectivity index is 2.41. The summed E-state index contributed by atoms with van der Waals surface area (Å²) in [5.74, 6) is -1.17. The van der Waals surface area contributed by atoms with Gasteiger partial charge < -0.3 is 9.90 Å². The molecule has 0 unspecified atom stereocenters. The zero-order valence-corrected chi connectivity index (χ0v) is 6.28. The van der Waals surface area contributed by atoms with E-state index in [2.05, 4.69) is 4.99 Å². The molecule has 0 saturated carbocycles. The zero-order chi connectivity index (χ0) is 8.55. The Bertz CT molecular complexity index is 369. The lowest BCUT2D eigenvalue weighted by atomic mass is 10.1. The maximum atomic E-state index is 10.4. The molecule has 1 aromatic rings. The standard InChI is InChI=1S/C9H7NO2/c11-9(12)8-5-6-3-1-2-4-7(6)10-8/h1-4H,5H2,(H,11,12)/p-1. The number of aliphatic carboxylic acids is 1. The van der Waals surface area contributed by atoms with Crippen LogP contribution in [-0.2, 0) is 11.2 Å². The highest BCUT2D eigenvalue weighted by molar-refractivity contribution is 6.36. The van der Waals surface area contributed by atoms with Gasteiger partial charge in [0.2, 0.25) is 0 Å². The van der Waals surface area contributed by atoms with Gasteiger partial charge in [-0.15, -0.1) is 0 Å². The van der Waals surface area contributed by atoms with Crippen LogP contribution in [0, 0.1) is 0 Å². The van der Waals surface area contributed by atoms with Gasteiger partial charge in [0, 0.05) is 6.42 Å². The van der Waals surface area contributed by atoms with Crippen molar-refractivity contribution in [2.45, 2.75) is 6.42 Å². The molecule has 0 fully saturated rings. The Morgan fingerprint density at radius 3 is 2.83 bits per heavy atom. The van der Waals surface area contributed by atoms with Crippen LogP contribution in [-0.4, -0.2) is 11.7 Å². The molecule has 0 aliphatic carbocycles. The molecule has 0 atom stereocenters. The van der Waals surface area contributed by atoms with E-state index < -0.39 is 5.97 Å². The van der Waals surface area contributed by atoms with E-state index in [0.717, 1.165) is 11.3 Å². The van der Waals surface area contributed by atoms with E-state index in [1.807, 2.05) is 18.2 Å². The average molecular weight is 160 g/mol. The number of nitrogens with zero attached hydrogens (tertiary/aromatic N) is 1. The van der Waals surface area contributed by atoms with Gasteiger partial charge in [-0.2, -0.15) is 0 Å². The summed E-state index contributed by atoms with van der Waals surface area (Å²) in [4.78, 5) is 14.3. The quantitative estimate of drug-likeness (QED) is 0.583. The number of carbonyl (C=O) groups is 1. The van der Waals surface area contributed by atoms with Gasteiger partial charge >= 0.3 is 0 Å². The van der Waals surface area contributed by atoms with E-state index in [1.165, 1.54) is 0 Å². The van der Waals surface area contributed by atoms with Gasteiger partial charge in [-0.3, -0.25) is 4.99 Å². The SMILES string of the molecule is O=C([O-])C1=Nc2ccccc2C1. The molecule has 2 rings (SSSR count). The number of hydrogen-bond acceptors (Lipinski definition) is 3. The fraction of sp³-hybridized carbons (Fsp3) is 0.111. The maximum absolute atomic E-state index is 10.4. The Morgan fingerprint density at radius 1 is 1.42 bits per heavy atom. The van der Waals surface area contributed by atoms with Crippen LogP contribution in [0.3, 0.4) is 0 Å². The van der Waals surface area contributed by atoms with E-state index in [-0.39, 0.29) is 5.71 Å². The van der Waals surface area contributed by atoms with Crippen LogP contribution < -0.4 is 5.11 Å². The van der Waals surface area contributed by atoms with Gasteiger partial charge in [0.1, 0.15) is 0 Å². The molecule has 3 nitrogen and oxygen atoms in total. The molecule has 60 valence electrons. The first kappa shape index (κ1) is 7.03. The predicted octanol–water partition coefficient (Wildman–Crippen LogP) is 0.0651. The van der Waals surface area contributed by atoms with Crippen molar-refractivity contribution in [3.63, 3.8) is 0 Å². The Kier molecular flexibility index (Phi) is 1.43. The lowest BCUT2D eigenvalue weighted by Crippen LogP contribution is -2.31. The van der Waals surface area contributed by atoms with E-state index in [4.69, 9.17) is 0 Å². The minimum absolute atomic E-state index is 0.121. The average Bonchev–Trinajstić information content (AvgIpc) is 2.46. The molecule has 0 saturated heterocycles. The first-order valence-electron chi connectivity index (χ1n) is 3.64. The maximum Gasteiger partial charge on any atom is 0.0861 e. The molecule has 0 bridgehead atoms. The summed E-state index contributed by atoms with van der Waals surface area (Å²) in [5, 5.41) is 10.4. The third kappa shape index (κ3) is 0.993. The van der Waals surface area contributed by atoms with Gasteiger partial charge in [-0.1, -0.05) is 18.2 Å². The highest BCUT2D eigenvalue weighted by Crippen LogP contribution is 2.25. The summed E-state index contributed by atoms with van der Waals surface area (Å²) >= 11 is 0. The molecule has 1 aliphatic rings. The van der Waals surface area contributed by atoms with Crippen LogP contribution in [0.4, 0.5) is 5.69 Å². The van der Waals surface area contributed by atoms with Crippen LogP contribution in [0.2, 0.25) is 0 Å². The van der Waals surface area contributed by atoms with Gasteiger partial charge in [0.05, 0.1) is 17.4 Å². The van der Waals surface area contributed by atoms with Crippen molar-refractivity contribution in [3.8, 4) is 0 Å². The molecule has 1 aliphatic heterocycles. The first-order valence-corrected chi connectivity index (χ1v) is 3.64. The molecule has 3 heteroatoms. The summed E-state index contributed by atoms with van der Waals surface area (Å²) in [6.07, 6.45) is 0.387. The molecule has 0 radical (unpaired) electrons. The molecular weight excluding hydrogens is 154 g/mol. The van der Waals surface area contributed by atoms with Gasteiger partial charge in [0.15, 0.2) is 0 Å². The fourth-order valence-electron chi connectivity index (χ4n) is 1.25. The van der Waals surface area contributed by atoms with Crippen LogP contribution >= 0.6 is 0 Å². The van der Waals surface area contributed by atoms with Gasteiger partial charge in [0.25, 0.3) is 0 Å². The van der Waals surface area contributed by atoms with Crippen molar-refractivity contribution < 1.29 is 9.90 Å². The lowest BCUT2D eigenvalue weighted by molar-refractivity contribution is -0.294. The number of carboxylic acid groups (broad SMARTS) is 1. The third-order valence-electron chi connectivity index (χ3n) is 1.84. The van der Waals surface area contributed by atoms with Crippen LogP contribution in [0.5, 0.6) is 0 Å². The van der Waals surface area contributed by atoms with Crippen molar-refractivity contribution in [2.24, 2.45) is 4.99 Å². The Labute approximate surface area is 69.4 Å². The topological polar surface area (TPSA) is 52.5 Å². The van der Waals surface area contributed by atoms with E-state index in [1.54, 1.807) is 6.07 Å². The van der Waals surface area contributed by atoms with Crippen molar-refractivity contribution in [1.82, 2.24) is 0 Å². The number of benzene rings is 1. The molecule has 12 heavy (non-hydrogen) atoms. The van der Waals surface area contributed by atoms with Crippen molar-refractivity contribution in [2.75, 3.05) is 0 Å². The molecule has 1 aromatic carbocycles. The second kappa shape index (κ2) is 2.44. The smallest absolute Gasteiger partial charge is 0.0861 e. The number of carbonyl (C=O) groups excluding carboxylic acids is 1. The number of fused-ring (bicyclic) bond motifs is 1. The predicted molar refractivity (Wildman–Crippen MR) is 42.2 cm³/mol. The third-order valence-corrected chi connectivity index (χ3v) is 1.84. The van der Waals surface area contributed by atoms with Crippen LogP contribution in [0.1, 0.15) is 5.56 Å². The van der Waals surface area contributed by atoms with Gasteiger partial charge in [-0.05, 0) is 11.6 Å². The Morgan fingerprint density at radius 2 is 2.17 bits per heavy atom. The molecule has 0 N–H and O–H groups in total. The fourth-order valence-corrected chi connectivity index (χ4v) is 1.25. The van der Waals surface area contributed by atoms with E-state index in [9.17, 15) is 9.90 Å². The highest BCUT2D eigenvalue weighted by atomic mass is 16.4. The summed E-state index contributed by atoms with van der Waals surface area (Å²) in [6, 6.07) is 7.37. The minimum atomic E-state index is -1.17. The normalized spacial score (nSPS) is 13.8. The van der Waals surface area contributed by atoms with Gasteiger partial charge in [-0.25, -0.2) is 0 Å². The van der Waals surface area contributed by atoms with Crippen molar-refractivity contribution >= 4 is 17.4 Å². The largest absolute Gasteiger partial charge is 0.543 e. The second-order valence-corrected chi connectivity index (χ2v) is 2.65. The number of rotatable bonds is 1. The molecule has 1 heterocycles. The molecular formula is C9H6NO2-. The van der Waals surface area contributed by atoms with E-state index >= 15 is 0 Å². The first-order chi connectivity index (χ1) is 5.77. The monoisotopic (exact) mass is 160 g/mol. The summed E-state index contributed by atoms with van der Waals surface area (Å²) in [5.41, 5.74) is 1.82. The second-order valence-electron chi connectivity index (χ2n) is 2.65. The van der Waals surface area contributed by atoms with Crippen LogP contribution in [0.15, 0.2) is 29.3 Å². The summed E-state index contributed by atoms with van der Waals surface area (Å²) < 4.78 is 0. The lowest BCUT2D eigenvalue weighted by Gasteiger charge is -1.97. The Hall–Kier alpha value is -1.64. The number of aliphatic imine (C=N–C) groups is 1. The molecule has 0 aromatic heterocycles. The van der Waals surface area contributed by atoms with Crippen LogP contribution in [0.25, 0.3) is 0 Å². The number of para-hydroxylation sites is 1. The highest BCUT2D eigenvalue weighted by Gasteiger charge is 2.13. The van der Waals surface area contributed by atoms with Crippen molar-refractivity contribution in [3.05, 3.63) is 29.8 Å². The van der Waals surface area contributed by atoms with E-state index in [0.29, 0.717) is 6.42 Å². The zero-order valence-electron chi connectivity index (χ0n) is 6.28. The molecule has 0 spiro atoms. The number of carboxylic acids is 1. The number of hydrogen-bond donors (Lipinski definition) is 0. The summed E-state index contributed by atoms with van der Waals surface area (Å²) in [7, 11) is 0. The molecule has 0 amide bonds. The minimum Gasteiger partial charge on any atom is -0.543 e. The summed E-state index contributed by atoms with van der Waals surface area (Å²) in [6.45, 7) is 0.